The van der Waals surface area contributed by atoms with Crippen LogP contribution in [0.3, 0.4) is 0 Å². The highest BCUT2D eigenvalue weighted by Gasteiger charge is 2.40. The van der Waals surface area contributed by atoms with Gasteiger partial charge < -0.3 is 4.98 Å². The molecule has 5 rings (SSSR count). The van der Waals surface area contributed by atoms with Gasteiger partial charge in [0.05, 0.1) is 0 Å². The lowest BCUT2D eigenvalue weighted by atomic mass is 9.77. The standard InChI is InChI=1S/C27H25NO/c1-17-13-21-23(14-18(17)2)27(3,16-25(21)29)15-22-20-11-7-8-12-24(20)28-26(22)19-9-5-4-6-10-19/h4-14,28H,15-16H2,1-3H3/t27-/m0/s1. The zero-order valence-electron chi connectivity index (χ0n) is 17.2. The smallest absolute Gasteiger partial charge is 0.164 e. The number of hydrogen-bond acceptors (Lipinski definition) is 1. The number of hydrogen-bond donors (Lipinski definition) is 1. The summed E-state index contributed by atoms with van der Waals surface area (Å²) in [6.07, 6.45) is 1.40. The molecule has 144 valence electrons. The first-order valence-electron chi connectivity index (χ1n) is 10.3. The molecule has 0 spiro atoms. The number of aromatic nitrogens is 1. The molecule has 0 saturated heterocycles. The maximum absolute atomic E-state index is 12.9. The lowest BCUT2D eigenvalue weighted by Gasteiger charge is -2.26. The Kier molecular flexibility index (Phi) is 3.99. The highest BCUT2D eigenvalue weighted by molar-refractivity contribution is 6.03. The van der Waals surface area contributed by atoms with Crippen molar-refractivity contribution < 1.29 is 4.79 Å². The van der Waals surface area contributed by atoms with Gasteiger partial charge in [0.1, 0.15) is 0 Å². The van der Waals surface area contributed by atoms with Gasteiger partial charge in [-0.2, -0.15) is 0 Å². The third-order valence-electron chi connectivity index (χ3n) is 6.58. The van der Waals surface area contributed by atoms with Gasteiger partial charge in [-0.1, -0.05) is 61.5 Å². The Bertz CT molecular complexity index is 1250. The Balaban J connectivity index is 1.69. The van der Waals surface area contributed by atoms with Gasteiger partial charge in [-0.15, -0.1) is 0 Å². The highest BCUT2D eigenvalue weighted by atomic mass is 16.1. The molecule has 1 N–H and O–H groups in total. The molecule has 2 nitrogen and oxygen atoms in total. The van der Waals surface area contributed by atoms with Crippen molar-refractivity contribution in [3.05, 3.63) is 94.5 Å². The second-order valence-electron chi connectivity index (χ2n) is 8.71. The number of H-pyrrole nitrogens is 1. The lowest BCUT2D eigenvalue weighted by Crippen LogP contribution is -2.22. The molecule has 1 aliphatic rings. The number of ketones is 1. The van der Waals surface area contributed by atoms with E-state index < -0.39 is 0 Å². The fourth-order valence-electron chi connectivity index (χ4n) is 4.87. The van der Waals surface area contributed by atoms with Crippen LogP contribution in [-0.2, 0) is 11.8 Å². The SMILES string of the molecule is Cc1cc2c(cc1C)[C@@](C)(Cc1c(-c3ccccc3)[nH]c3ccccc13)CC2=O. The maximum atomic E-state index is 12.9. The van der Waals surface area contributed by atoms with Crippen LogP contribution in [0, 0.1) is 13.8 Å². The third kappa shape index (κ3) is 2.82. The van der Waals surface area contributed by atoms with Crippen LogP contribution in [-0.4, -0.2) is 10.8 Å². The number of nitrogens with one attached hydrogen (secondary N) is 1. The second-order valence-corrected chi connectivity index (χ2v) is 8.71. The minimum atomic E-state index is -0.195. The molecular weight excluding hydrogens is 354 g/mol. The molecule has 1 aliphatic carbocycles. The summed E-state index contributed by atoms with van der Waals surface area (Å²) >= 11 is 0. The summed E-state index contributed by atoms with van der Waals surface area (Å²) in [6.45, 7) is 6.48. The van der Waals surface area contributed by atoms with Crippen LogP contribution >= 0.6 is 0 Å². The van der Waals surface area contributed by atoms with Gasteiger partial charge in [0, 0.05) is 34.0 Å². The summed E-state index contributed by atoms with van der Waals surface area (Å²) in [7, 11) is 0. The van der Waals surface area contributed by atoms with E-state index in [4.69, 9.17) is 0 Å². The number of carbonyl (C=O) groups excluding carboxylic acids is 1. The average Bonchev–Trinajstić information content (AvgIpc) is 3.19. The van der Waals surface area contributed by atoms with Crippen molar-refractivity contribution in [2.75, 3.05) is 0 Å². The Morgan fingerprint density at radius 3 is 2.41 bits per heavy atom. The number of benzene rings is 3. The van der Waals surface area contributed by atoms with E-state index in [9.17, 15) is 4.79 Å². The minimum Gasteiger partial charge on any atom is -0.354 e. The molecule has 29 heavy (non-hydrogen) atoms. The number of fused-ring (bicyclic) bond motifs is 2. The molecule has 0 radical (unpaired) electrons. The van der Waals surface area contributed by atoms with Crippen molar-refractivity contribution >= 4 is 16.7 Å². The number of aromatic amines is 1. The van der Waals surface area contributed by atoms with E-state index in [1.165, 1.54) is 33.2 Å². The molecule has 0 fully saturated rings. The molecule has 1 aromatic heterocycles. The van der Waals surface area contributed by atoms with Crippen LogP contribution in [0.2, 0.25) is 0 Å². The first-order valence-corrected chi connectivity index (χ1v) is 10.3. The van der Waals surface area contributed by atoms with Crippen LogP contribution in [0.4, 0.5) is 0 Å². The van der Waals surface area contributed by atoms with Crippen LogP contribution in [0.15, 0.2) is 66.7 Å². The molecule has 0 bridgehead atoms. The van der Waals surface area contributed by atoms with E-state index in [-0.39, 0.29) is 11.2 Å². The third-order valence-corrected chi connectivity index (χ3v) is 6.58. The number of rotatable bonds is 3. The van der Waals surface area contributed by atoms with E-state index in [0.29, 0.717) is 6.42 Å². The van der Waals surface area contributed by atoms with E-state index in [0.717, 1.165) is 23.2 Å². The number of Topliss-reactive ketones (excluding diaryl/α,β-unsaturated/α-hetero) is 1. The zero-order valence-corrected chi connectivity index (χ0v) is 17.2. The van der Waals surface area contributed by atoms with Crippen LogP contribution in [0.5, 0.6) is 0 Å². The van der Waals surface area contributed by atoms with Crippen molar-refractivity contribution in [1.82, 2.24) is 4.98 Å². The number of aryl methyl sites for hydroxylation is 2. The first kappa shape index (κ1) is 17.9. The maximum Gasteiger partial charge on any atom is 0.164 e. The van der Waals surface area contributed by atoms with Crippen molar-refractivity contribution in [2.45, 2.75) is 39.0 Å². The molecular formula is C27H25NO. The van der Waals surface area contributed by atoms with Gasteiger partial charge >= 0.3 is 0 Å². The molecule has 0 saturated carbocycles. The zero-order chi connectivity index (χ0) is 20.2. The van der Waals surface area contributed by atoms with E-state index in [2.05, 4.69) is 86.4 Å². The van der Waals surface area contributed by atoms with E-state index in [1.54, 1.807) is 0 Å². The predicted molar refractivity (Wildman–Crippen MR) is 120 cm³/mol. The molecule has 0 amide bonds. The second kappa shape index (κ2) is 6.45. The van der Waals surface area contributed by atoms with Gasteiger partial charge in [0.25, 0.3) is 0 Å². The fraction of sp³-hybridized carbons (Fsp3) is 0.222. The van der Waals surface area contributed by atoms with E-state index >= 15 is 0 Å². The Morgan fingerprint density at radius 2 is 1.62 bits per heavy atom. The lowest BCUT2D eigenvalue weighted by molar-refractivity contribution is 0.0976. The van der Waals surface area contributed by atoms with Crippen molar-refractivity contribution in [1.29, 1.82) is 0 Å². The van der Waals surface area contributed by atoms with Gasteiger partial charge in [0.15, 0.2) is 5.78 Å². The summed E-state index contributed by atoms with van der Waals surface area (Å²) in [6, 6.07) is 23.3. The molecule has 3 aromatic carbocycles. The molecule has 2 heteroatoms. The van der Waals surface area contributed by atoms with Gasteiger partial charge in [-0.3, -0.25) is 4.79 Å². The van der Waals surface area contributed by atoms with Crippen molar-refractivity contribution in [2.24, 2.45) is 0 Å². The Labute approximate surface area is 171 Å². The molecule has 1 atom stereocenters. The van der Waals surface area contributed by atoms with Gasteiger partial charge in [0.2, 0.25) is 0 Å². The Morgan fingerprint density at radius 1 is 0.931 bits per heavy atom. The topological polar surface area (TPSA) is 32.9 Å². The summed E-state index contributed by atoms with van der Waals surface area (Å²) in [5.41, 5.74) is 9.17. The fourth-order valence-corrected chi connectivity index (χ4v) is 4.87. The largest absolute Gasteiger partial charge is 0.354 e. The molecule has 0 unspecified atom stereocenters. The summed E-state index contributed by atoms with van der Waals surface area (Å²) in [5, 5.41) is 1.25. The summed E-state index contributed by atoms with van der Waals surface area (Å²) < 4.78 is 0. The Hall–Kier alpha value is -3.13. The predicted octanol–water partition coefficient (Wildman–Crippen LogP) is 6.54. The van der Waals surface area contributed by atoms with Gasteiger partial charge in [-0.25, -0.2) is 0 Å². The van der Waals surface area contributed by atoms with Gasteiger partial charge in [-0.05, 0) is 60.2 Å². The normalized spacial score (nSPS) is 18.4. The number of para-hydroxylation sites is 1. The monoisotopic (exact) mass is 379 g/mol. The van der Waals surface area contributed by atoms with Crippen LogP contribution in [0.25, 0.3) is 22.2 Å². The van der Waals surface area contributed by atoms with E-state index in [1.807, 2.05) is 6.07 Å². The molecule has 4 aromatic rings. The summed E-state index contributed by atoms with van der Waals surface area (Å²) in [5.74, 6) is 0.270. The first-order chi connectivity index (χ1) is 14.0. The highest BCUT2D eigenvalue weighted by Crippen LogP contribution is 2.45. The molecule has 1 heterocycles. The van der Waals surface area contributed by atoms with Crippen LogP contribution < -0.4 is 0 Å². The minimum absolute atomic E-state index is 0.195. The quantitative estimate of drug-likeness (QED) is 0.431. The molecule has 0 aliphatic heterocycles. The average molecular weight is 380 g/mol. The summed E-state index contributed by atoms with van der Waals surface area (Å²) in [4.78, 5) is 16.5. The van der Waals surface area contributed by atoms with Crippen molar-refractivity contribution in [3.8, 4) is 11.3 Å². The van der Waals surface area contributed by atoms with Crippen LogP contribution in [0.1, 0.15) is 46.0 Å². The van der Waals surface area contributed by atoms with Crippen molar-refractivity contribution in [3.63, 3.8) is 0 Å². The number of carbonyl (C=O) groups is 1.